The summed E-state index contributed by atoms with van der Waals surface area (Å²) in [7, 11) is 0. The van der Waals surface area contributed by atoms with E-state index in [4.69, 9.17) is 24.7 Å². The third kappa shape index (κ3) is 12.9. The first-order chi connectivity index (χ1) is 18.7. The van der Waals surface area contributed by atoms with Crippen molar-refractivity contribution in [1.82, 2.24) is 15.1 Å². The lowest BCUT2D eigenvalue weighted by molar-refractivity contribution is -0.126. The highest BCUT2D eigenvalue weighted by molar-refractivity contribution is 5.78. The number of likely N-dealkylation sites (tertiary alicyclic amines) is 2. The zero-order valence-electron chi connectivity index (χ0n) is 23.2. The van der Waals surface area contributed by atoms with E-state index < -0.39 is 0 Å². The van der Waals surface area contributed by atoms with Gasteiger partial charge in [0.1, 0.15) is 5.75 Å². The summed E-state index contributed by atoms with van der Waals surface area (Å²) in [6.45, 7) is 11.4. The molecule has 0 atom stereocenters. The predicted molar refractivity (Wildman–Crippen MR) is 149 cm³/mol. The molecule has 216 valence electrons. The number of benzene rings is 1. The summed E-state index contributed by atoms with van der Waals surface area (Å²) in [6, 6.07) is 8.50. The summed E-state index contributed by atoms with van der Waals surface area (Å²) in [5.74, 6) is 1.18. The van der Waals surface area contributed by atoms with Gasteiger partial charge in [-0.2, -0.15) is 0 Å². The fraction of sp³-hybridized carbons (Fsp3) is 0.759. The van der Waals surface area contributed by atoms with E-state index in [1.165, 1.54) is 37.9 Å². The molecule has 1 aromatic carbocycles. The van der Waals surface area contributed by atoms with Gasteiger partial charge in [-0.1, -0.05) is 18.6 Å². The highest BCUT2D eigenvalue weighted by atomic mass is 16.5. The molecule has 0 aromatic heterocycles. The van der Waals surface area contributed by atoms with Crippen molar-refractivity contribution in [2.45, 2.75) is 45.1 Å². The van der Waals surface area contributed by atoms with Gasteiger partial charge in [-0.15, -0.1) is 0 Å². The Morgan fingerprint density at radius 1 is 0.816 bits per heavy atom. The Morgan fingerprint density at radius 2 is 1.47 bits per heavy atom. The summed E-state index contributed by atoms with van der Waals surface area (Å²) in [4.78, 5) is 17.5. The van der Waals surface area contributed by atoms with E-state index in [2.05, 4.69) is 39.4 Å². The normalized spacial score (nSPS) is 17.5. The second-order valence-corrected chi connectivity index (χ2v) is 10.2. The first kappa shape index (κ1) is 30.8. The Hall–Kier alpha value is -1.75. The topological polar surface area (TPSA) is 98.5 Å². The minimum absolute atomic E-state index is 0.0869. The van der Waals surface area contributed by atoms with Crippen molar-refractivity contribution in [1.29, 1.82) is 0 Å². The maximum Gasteiger partial charge on any atom is 0.223 e. The Morgan fingerprint density at radius 3 is 2.16 bits per heavy atom. The summed E-state index contributed by atoms with van der Waals surface area (Å²) in [5, 5.41) is 3.02. The van der Waals surface area contributed by atoms with E-state index in [9.17, 15) is 4.79 Å². The Bertz CT molecular complexity index is 737. The largest absolute Gasteiger partial charge is 0.494 e. The number of rotatable bonds is 19. The average Bonchev–Trinajstić information content (AvgIpc) is 2.96. The van der Waals surface area contributed by atoms with Crippen LogP contribution in [0.1, 0.15) is 44.1 Å². The van der Waals surface area contributed by atoms with Gasteiger partial charge in [-0.05, 0) is 76.0 Å². The SMILES string of the molecule is NCCOCCOCCOCCNC(=O)C1CCN(Cc2ccc(OCCCN3CCCCC3)cc2)CC1. The van der Waals surface area contributed by atoms with Crippen molar-refractivity contribution in [2.75, 3.05) is 92.1 Å². The molecule has 2 aliphatic rings. The number of piperidine rings is 2. The minimum atomic E-state index is 0.0869. The molecule has 2 aliphatic heterocycles. The van der Waals surface area contributed by atoms with Gasteiger partial charge in [0.25, 0.3) is 0 Å². The van der Waals surface area contributed by atoms with Gasteiger partial charge in [0, 0.05) is 32.1 Å². The Balaban J connectivity index is 1.18. The standard InChI is InChI=1S/C29H50N4O5/c30-11-19-35-21-23-37-24-22-36-20-12-31-29(34)27-9-16-33(17-10-27)25-26-5-7-28(8-6-26)38-18-4-15-32-13-2-1-3-14-32/h5-8,27H,1-4,9-25,30H2,(H,31,34). The zero-order chi connectivity index (χ0) is 26.7. The molecule has 9 nitrogen and oxygen atoms in total. The third-order valence-electron chi connectivity index (χ3n) is 7.18. The molecule has 2 saturated heterocycles. The van der Waals surface area contributed by atoms with Crippen LogP contribution in [0.15, 0.2) is 24.3 Å². The zero-order valence-corrected chi connectivity index (χ0v) is 23.2. The lowest BCUT2D eigenvalue weighted by Crippen LogP contribution is -2.41. The fourth-order valence-electron chi connectivity index (χ4n) is 4.98. The number of hydrogen-bond donors (Lipinski definition) is 2. The molecule has 1 aromatic rings. The molecule has 2 heterocycles. The van der Waals surface area contributed by atoms with Crippen LogP contribution in [-0.2, 0) is 25.5 Å². The van der Waals surface area contributed by atoms with E-state index in [0.717, 1.165) is 57.8 Å². The monoisotopic (exact) mass is 534 g/mol. The quantitative estimate of drug-likeness (QED) is 0.261. The highest BCUT2D eigenvalue weighted by Crippen LogP contribution is 2.20. The van der Waals surface area contributed by atoms with E-state index in [-0.39, 0.29) is 11.8 Å². The van der Waals surface area contributed by atoms with Crippen molar-refractivity contribution < 1.29 is 23.7 Å². The highest BCUT2D eigenvalue weighted by Gasteiger charge is 2.24. The number of ether oxygens (including phenoxy) is 4. The predicted octanol–water partition coefficient (Wildman–Crippen LogP) is 2.28. The van der Waals surface area contributed by atoms with Crippen LogP contribution >= 0.6 is 0 Å². The molecule has 0 saturated carbocycles. The maximum atomic E-state index is 12.5. The molecule has 0 bridgehead atoms. The van der Waals surface area contributed by atoms with E-state index in [1.807, 2.05) is 0 Å². The molecule has 38 heavy (non-hydrogen) atoms. The molecule has 3 N–H and O–H groups in total. The van der Waals surface area contributed by atoms with E-state index in [0.29, 0.717) is 52.7 Å². The number of nitrogens with zero attached hydrogens (tertiary/aromatic N) is 2. The molecule has 1 amide bonds. The second kappa shape index (κ2) is 19.3. The van der Waals surface area contributed by atoms with Gasteiger partial charge in [0.15, 0.2) is 0 Å². The molecular formula is C29H50N4O5. The molecule has 3 rings (SSSR count). The molecule has 9 heteroatoms. The maximum absolute atomic E-state index is 12.5. The third-order valence-corrected chi connectivity index (χ3v) is 7.18. The molecule has 0 radical (unpaired) electrons. The van der Waals surface area contributed by atoms with Gasteiger partial charge in [0.05, 0.1) is 46.2 Å². The van der Waals surface area contributed by atoms with Crippen LogP contribution in [0, 0.1) is 5.92 Å². The van der Waals surface area contributed by atoms with Crippen LogP contribution in [0.4, 0.5) is 0 Å². The van der Waals surface area contributed by atoms with Gasteiger partial charge < -0.3 is 34.9 Å². The average molecular weight is 535 g/mol. The molecular weight excluding hydrogens is 484 g/mol. The van der Waals surface area contributed by atoms with Crippen LogP contribution < -0.4 is 15.8 Å². The van der Waals surface area contributed by atoms with Gasteiger partial charge in [0.2, 0.25) is 5.91 Å². The van der Waals surface area contributed by atoms with Gasteiger partial charge >= 0.3 is 0 Å². The van der Waals surface area contributed by atoms with Crippen molar-refractivity contribution in [3.8, 4) is 5.75 Å². The molecule has 0 unspecified atom stereocenters. The Labute approximate surface area is 229 Å². The van der Waals surface area contributed by atoms with Crippen LogP contribution in [0.5, 0.6) is 5.75 Å². The van der Waals surface area contributed by atoms with Crippen molar-refractivity contribution in [3.05, 3.63) is 29.8 Å². The first-order valence-electron chi connectivity index (χ1n) is 14.6. The van der Waals surface area contributed by atoms with Crippen LogP contribution in [-0.4, -0.2) is 108 Å². The molecule has 0 aliphatic carbocycles. The number of nitrogens with one attached hydrogen (secondary N) is 1. The van der Waals surface area contributed by atoms with Crippen LogP contribution in [0.2, 0.25) is 0 Å². The summed E-state index contributed by atoms with van der Waals surface area (Å²) >= 11 is 0. The lowest BCUT2D eigenvalue weighted by atomic mass is 9.95. The number of carbonyl (C=O) groups excluding carboxylic acids is 1. The van der Waals surface area contributed by atoms with Gasteiger partial charge in [-0.3, -0.25) is 9.69 Å². The molecule has 0 spiro atoms. The van der Waals surface area contributed by atoms with E-state index in [1.54, 1.807) is 0 Å². The first-order valence-corrected chi connectivity index (χ1v) is 14.6. The summed E-state index contributed by atoms with van der Waals surface area (Å²) in [5.41, 5.74) is 6.64. The van der Waals surface area contributed by atoms with Crippen LogP contribution in [0.3, 0.4) is 0 Å². The number of carbonyl (C=O) groups is 1. The Kier molecular flexibility index (Phi) is 15.7. The fourth-order valence-corrected chi connectivity index (χ4v) is 4.98. The number of amides is 1. The smallest absolute Gasteiger partial charge is 0.223 e. The number of nitrogens with two attached hydrogens (primary N) is 1. The molecule has 2 fully saturated rings. The summed E-state index contributed by atoms with van der Waals surface area (Å²) in [6.07, 6.45) is 6.93. The lowest BCUT2D eigenvalue weighted by Gasteiger charge is -2.31. The van der Waals surface area contributed by atoms with Crippen molar-refractivity contribution >= 4 is 5.91 Å². The second-order valence-electron chi connectivity index (χ2n) is 10.2. The van der Waals surface area contributed by atoms with E-state index >= 15 is 0 Å². The van der Waals surface area contributed by atoms with Crippen LogP contribution in [0.25, 0.3) is 0 Å². The van der Waals surface area contributed by atoms with Gasteiger partial charge in [-0.25, -0.2) is 0 Å². The summed E-state index contributed by atoms with van der Waals surface area (Å²) < 4.78 is 22.1. The number of hydrogen-bond acceptors (Lipinski definition) is 8. The van der Waals surface area contributed by atoms with Crippen molar-refractivity contribution in [2.24, 2.45) is 11.7 Å². The van der Waals surface area contributed by atoms with Crippen molar-refractivity contribution in [3.63, 3.8) is 0 Å². The minimum Gasteiger partial charge on any atom is -0.494 e.